The number of methoxy groups -OCH3 is 1. The molecule has 0 aliphatic carbocycles. The van der Waals surface area contributed by atoms with E-state index in [0.717, 1.165) is 36.1 Å². The lowest BCUT2D eigenvalue weighted by Crippen LogP contribution is -2.11. The number of unbranched alkanes of at least 4 members (excludes halogenated alkanes) is 1. The highest BCUT2D eigenvalue weighted by molar-refractivity contribution is 5.85. The van der Waals surface area contributed by atoms with Crippen molar-refractivity contribution in [2.75, 3.05) is 13.7 Å². The van der Waals surface area contributed by atoms with Gasteiger partial charge in [0.05, 0.1) is 7.11 Å². The van der Waals surface area contributed by atoms with Crippen LogP contribution >= 0.6 is 12.4 Å². The molecule has 0 aliphatic heterocycles. The highest BCUT2D eigenvalue weighted by Crippen LogP contribution is 2.31. The number of halogens is 1. The highest BCUT2D eigenvalue weighted by atomic mass is 35.5. The minimum atomic E-state index is -0.00127. The zero-order valence-electron chi connectivity index (χ0n) is 14.1. The van der Waals surface area contributed by atoms with E-state index in [1.807, 2.05) is 48.5 Å². The number of benzene rings is 2. The lowest BCUT2D eigenvalue weighted by Gasteiger charge is -2.16. The molecule has 2 rings (SSSR count). The summed E-state index contributed by atoms with van der Waals surface area (Å²) < 4.78 is 11.3. The van der Waals surface area contributed by atoms with Gasteiger partial charge in [-0.05, 0) is 42.6 Å². The molecule has 0 amide bonds. The summed E-state index contributed by atoms with van der Waals surface area (Å²) >= 11 is 0. The molecule has 0 radical (unpaired) electrons. The summed E-state index contributed by atoms with van der Waals surface area (Å²) in [5, 5.41) is 0. The SMILES string of the molecule is COc1cc([C@@H](N)CCCCN)ccc1OCc1ccccc1.Cl. The Morgan fingerprint density at radius 1 is 1.00 bits per heavy atom. The maximum Gasteiger partial charge on any atom is 0.161 e. The molecule has 132 valence electrons. The second-order valence-corrected chi connectivity index (χ2v) is 5.58. The van der Waals surface area contributed by atoms with Crippen molar-refractivity contribution in [1.82, 2.24) is 0 Å². The van der Waals surface area contributed by atoms with E-state index in [9.17, 15) is 0 Å². The summed E-state index contributed by atoms with van der Waals surface area (Å²) in [5.74, 6) is 1.45. The minimum absolute atomic E-state index is 0. The Kier molecular flexibility index (Phi) is 9.23. The first-order valence-corrected chi connectivity index (χ1v) is 8.05. The van der Waals surface area contributed by atoms with Crippen LogP contribution in [0.4, 0.5) is 0 Å². The number of hydrogen-bond acceptors (Lipinski definition) is 4. The molecule has 5 heteroatoms. The van der Waals surface area contributed by atoms with Crippen LogP contribution < -0.4 is 20.9 Å². The molecule has 1 atom stereocenters. The molecule has 0 fully saturated rings. The van der Waals surface area contributed by atoms with E-state index in [2.05, 4.69) is 0 Å². The summed E-state index contributed by atoms with van der Waals surface area (Å²) in [6.07, 6.45) is 2.96. The zero-order valence-corrected chi connectivity index (χ0v) is 14.9. The standard InChI is InChI=1S/C19H26N2O2.ClH/c1-22-19-13-16(17(21)9-5-6-12-20)10-11-18(19)23-14-15-7-3-2-4-8-15;/h2-4,7-8,10-11,13,17H,5-6,9,12,14,20-21H2,1H3;1H/t17-;/m0./s1. The van der Waals surface area contributed by atoms with Crippen molar-refractivity contribution in [3.8, 4) is 11.5 Å². The number of ether oxygens (including phenoxy) is 2. The average Bonchev–Trinajstić information content (AvgIpc) is 2.60. The molecule has 0 saturated carbocycles. The van der Waals surface area contributed by atoms with Crippen LogP contribution in [0.5, 0.6) is 11.5 Å². The number of rotatable bonds is 9. The van der Waals surface area contributed by atoms with E-state index in [0.29, 0.717) is 18.9 Å². The van der Waals surface area contributed by atoms with E-state index >= 15 is 0 Å². The van der Waals surface area contributed by atoms with Crippen LogP contribution in [-0.4, -0.2) is 13.7 Å². The molecule has 24 heavy (non-hydrogen) atoms. The summed E-state index contributed by atoms with van der Waals surface area (Å²) in [4.78, 5) is 0. The third kappa shape index (κ3) is 6.04. The Hall–Kier alpha value is -1.75. The Bertz CT molecular complexity index is 593. The first-order chi connectivity index (χ1) is 11.2. The van der Waals surface area contributed by atoms with Crippen molar-refractivity contribution >= 4 is 12.4 Å². The van der Waals surface area contributed by atoms with Crippen molar-refractivity contribution in [1.29, 1.82) is 0 Å². The van der Waals surface area contributed by atoms with E-state index < -0.39 is 0 Å². The van der Waals surface area contributed by atoms with Gasteiger partial charge in [-0.15, -0.1) is 12.4 Å². The van der Waals surface area contributed by atoms with Crippen molar-refractivity contribution in [2.24, 2.45) is 11.5 Å². The molecular weight excluding hydrogens is 324 g/mol. The second kappa shape index (κ2) is 10.9. The lowest BCUT2D eigenvalue weighted by molar-refractivity contribution is 0.284. The highest BCUT2D eigenvalue weighted by Gasteiger charge is 2.11. The van der Waals surface area contributed by atoms with E-state index in [-0.39, 0.29) is 18.4 Å². The zero-order chi connectivity index (χ0) is 16.5. The van der Waals surface area contributed by atoms with Crippen molar-refractivity contribution in [2.45, 2.75) is 31.9 Å². The van der Waals surface area contributed by atoms with Crippen LogP contribution in [0.2, 0.25) is 0 Å². The molecule has 0 bridgehead atoms. The fourth-order valence-corrected chi connectivity index (χ4v) is 2.44. The van der Waals surface area contributed by atoms with Gasteiger partial charge in [0, 0.05) is 6.04 Å². The Morgan fingerprint density at radius 2 is 1.75 bits per heavy atom. The van der Waals surface area contributed by atoms with Gasteiger partial charge in [0.15, 0.2) is 11.5 Å². The minimum Gasteiger partial charge on any atom is -0.493 e. The predicted octanol–water partition coefficient (Wildman–Crippen LogP) is 3.82. The largest absolute Gasteiger partial charge is 0.493 e. The molecule has 0 unspecified atom stereocenters. The van der Waals surface area contributed by atoms with Crippen LogP contribution in [0.1, 0.15) is 36.4 Å². The summed E-state index contributed by atoms with van der Waals surface area (Å²) in [6.45, 7) is 1.22. The quantitative estimate of drug-likeness (QED) is 0.674. The Labute approximate surface area is 150 Å². The van der Waals surface area contributed by atoms with Crippen molar-refractivity contribution < 1.29 is 9.47 Å². The second-order valence-electron chi connectivity index (χ2n) is 5.58. The van der Waals surface area contributed by atoms with Crippen LogP contribution in [0.15, 0.2) is 48.5 Å². The average molecular weight is 351 g/mol. The first-order valence-electron chi connectivity index (χ1n) is 8.05. The van der Waals surface area contributed by atoms with Crippen molar-refractivity contribution in [3.05, 3.63) is 59.7 Å². The van der Waals surface area contributed by atoms with E-state index in [4.69, 9.17) is 20.9 Å². The molecule has 0 aromatic heterocycles. The van der Waals surface area contributed by atoms with Gasteiger partial charge in [-0.2, -0.15) is 0 Å². The Morgan fingerprint density at radius 3 is 2.42 bits per heavy atom. The maximum absolute atomic E-state index is 6.24. The Balaban J connectivity index is 0.00000288. The van der Waals surface area contributed by atoms with Gasteiger partial charge >= 0.3 is 0 Å². The number of hydrogen-bond donors (Lipinski definition) is 2. The van der Waals surface area contributed by atoms with Crippen LogP contribution in [0.25, 0.3) is 0 Å². The van der Waals surface area contributed by atoms with Crippen LogP contribution in [0, 0.1) is 0 Å². The molecule has 0 saturated heterocycles. The topological polar surface area (TPSA) is 70.5 Å². The third-order valence-electron chi connectivity index (χ3n) is 3.82. The van der Waals surface area contributed by atoms with Gasteiger partial charge < -0.3 is 20.9 Å². The molecule has 2 aromatic carbocycles. The molecule has 0 aliphatic rings. The molecular formula is C19H27ClN2O2. The normalized spacial score (nSPS) is 11.5. The molecule has 2 aromatic rings. The maximum atomic E-state index is 6.24. The van der Waals surface area contributed by atoms with Gasteiger partial charge in [-0.25, -0.2) is 0 Å². The fourth-order valence-electron chi connectivity index (χ4n) is 2.44. The van der Waals surface area contributed by atoms with E-state index in [1.54, 1.807) is 7.11 Å². The van der Waals surface area contributed by atoms with Gasteiger partial charge in [0.1, 0.15) is 6.61 Å². The summed E-state index contributed by atoms with van der Waals surface area (Å²) in [7, 11) is 1.65. The number of nitrogens with two attached hydrogens (primary N) is 2. The molecule has 0 spiro atoms. The smallest absolute Gasteiger partial charge is 0.161 e. The van der Waals surface area contributed by atoms with Gasteiger partial charge in [0.25, 0.3) is 0 Å². The van der Waals surface area contributed by atoms with Gasteiger partial charge in [-0.3, -0.25) is 0 Å². The first kappa shape index (κ1) is 20.3. The molecule has 4 nitrogen and oxygen atoms in total. The summed E-state index contributed by atoms with van der Waals surface area (Å²) in [5.41, 5.74) is 13.9. The van der Waals surface area contributed by atoms with Crippen LogP contribution in [0.3, 0.4) is 0 Å². The fraction of sp³-hybridized carbons (Fsp3) is 0.368. The lowest BCUT2D eigenvalue weighted by atomic mass is 10.0. The van der Waals surface area contributed by atoms with Gasteiger partial charge in [-0.1, -0.05) is 42.8 Å². The third-order valence-corrected chi connectivity index (χ3v) is 3.82. The van der Waals surface area contributed by atoms with Gasteiger partial charge in [0.2, 0.25) is 0 Å². The monoisotopic (exact) mass is 350 g/mol. The molecule has 4 N–H and O–H groups in total. The van der Waals surface area contributed by atoms with E-state index in [1.165, 1.54) is 0 Å². The van der Waals surface area contributed by atoms with Crippen LogP contribution in [-0.2, 0) is 6.61 Å². The van der Waals surface area contributed by atoms with Crippen molar-refractivity contribution in [3.63, 3.8) is 0 Å². The summed E-state index contributed by atoms with van der Waals surface area (Å²) in [6, 6.07) is 16.0. The predicted molar refractivity (Wildman–Crippen MR) is 101 cm³/mol. The molecule has 0 heterocycles.